The summed E-state index contributed by atoms with van der Waals surface area (Å²) in [6.45, 7) is 19.0. The van der Waals surface area contributed by atoms with Crippen LogP contribution in [0.2, 0.25) is 0 Å². The van der Waals surface area contributed by atoms with Crippen molar-refractivity contribution in [3.8, 4) is 0 Å². The zero-order valence-electron chi connectivity index (χ0n) is 25.2. The number of anilines is 5. The van der Waals surface area contributed by atoms with E-state index >= 15 is 0 Å². The molecule has 0 radical (unpaired) electrons. The minimum atomic E-state index is 0.110. The highest BCUT2D eigenvalue weighted by Gasteiger charge is 2.18. The summed E-state index contributed by atoms with van der Waals surface area (Å²) in [5.74, 6) is 0. The lowest BCUT2D eigenvalue weighted by atomic mass is 9.87. The Morgan fingerprint density at radius 2 is 1.10 bits per heavy atom. The lowest BCUT2D eigenvalue weighted by Crippen LogP contribution is -2.16. The predicted octanol–water partition coefficient (Wildman–Crippen LogP) is 11.6. The smallest absolute Gasteiger partial charge is 0.0463 e. The van der Waals surface area contributed by atoms with Crippen molar-refractivity contribution < 1.29 is 0 Å². The second-order valence-corrected chi connectivity index (χ2v) is 10.5. The Balaban J connectivity index is 0.00000216. The molecular formula is C38H44N2. The number of aryl methyl sites for hydroxylation is 1. The van der Waals surface area contributed by atoms with E-state index in [1.54, 1.807) is 0 Å². The Morgan fingerprint density at radius 1 is 0.650 bits per heavy atom. The van der Waals surface area contributed by atoms with Gasteiger partial charge in [-0.25, -0.2) is 0 Å². The number of benzene rings is 4. The van der Waals surface area contributed by atoms with Crippen LogP contribution < -0.4 is 9.80 Å². The highest BCUT2D eigenvalue weighted by atomic mass is 15.2. The predicted molar refractivity (Wildman–Crippen MR) is 178 cm³/mol. The van der Waals surface area contributed by atoms with Crippen molar-refractivity contribution in [3.05, 3.63) is 151 Å². The SMILES string of the molecule is C=C/C(=C\C=C/C)N(c1ccccc1)c1ccc(N(c2ccc(C)cc2)c2ccc(C(C)(C)C)cc2)cc1.CC. The van der Waals surface area contributed by atoms with Gasteiger partial charge in [-0.3, -0.25) is 0 Å². The molecule has 0 atom stereocenters. The van der Waals surface area contributed by atoms with Crippen LogP contribution in [0.5, 0.6) is 0 Å². The van der Waals surface area contributed by atoms with Gasteiger partial charge in [-0.1, -0.05) is 101 Å². The number of para-hydroxylation sites is 1. The molecule has 0 unspecified atom stereocenters. The number of allylic oxidation sites excluding steroid dienone is 4. The van der Waals surface area contributed by atoms with Gasteiger partial charge in [0.05, 0.1) is 0 Å². The largest absolute Gasteiger partial charge is 0.311 e. The second-order valence-electron chi connectivity index (χ2n) is 10.5. The molecule has 0 aliphatic rings. The molecule has 2 heteroatoms. The molecule has 0 spiro atoms. The van der Waals surface area contributed by atoms with Gasteiger partial charge in [0.25, 0.3) is 0 Å². The third-order valence-corrected chi connectivity index (χ3v) is 6.59. The highest BCUT2D eigenvalue weighted by Crippen LogP contribution is 2.38. The minimum Gasteiger partial charge on any atom is -0.311 e. The molecule has 0 aliphatic heterocycles. The summed E-state index contributed by atoms with van der Waals surface area (Å²) in [4.78, 5) is 4.54. The summed E-state index contributed by atoms with van der Waals surface area (Å²) in [6.07, 6.45) is 8.06. The summed E-state index contributed by atoms with van der Waals surface area (Å²) >= 11 is 0. The van der Waals surface area contributed by atoms with Gasteiger partial charge >= 0.3 is 0 Å². The number of hydrogen-bond donors (Lipinski definition) is 0. The topological polar surface area (TPSA) is 6.48 Å². The molecular weight excluding hydrogens is 484 g/mol. The summed E-state index contributed by atoms with van der Waals surface area (Å²) < 4.78 is 0. The van der Waals surface area contributed by atoms with E-state index < -0.39 is 0 Å². The maximum Gasteiger partial charge on any atom is 0.0463 e. The lowest BCUT2D eigenvalue weighted by Gasteiger charge is -2.29. The summed E-state index contributed by atoms with van der Waals surface area (Å²) in [7, 11) is 0. The average Bonchev–Trinajstić information content (AvgIpc) is 2.98. The Bertz CT molecular complexity index is 1390. The van der Waals surface area contributed by atoms with Crippen LogP contribution in [0.3, 0.4) is 0 Å². The molecule has 4 rings (SSSR count). The van der Waals surface area contributed by atoms with Crippen LogP contribution in [0, 0.1) is 6.92 Å². The van der Waals surface area contributed by atoms with Crippen molar-refractivity contribution >= 4 is 28.4 Å². The standard InChI is InChI=1S/C36H38N2.C2H6/c1-7-9-13-30(8-2)37(31-14-11-10-12-15-31)34-24-26-35(27-25-34)38(32-20-16-28(3)17-21-32)33-22-18-29(19-23-33)36(4,5)6;1-2/h7-27H,2H2,1,3-6H3;1-2H3/b9-7-,30-13+;. The molecule has 206 valence electrons. The third kappa shape index (κ3) is 7.42. The van der Waals surface area contributed by atoms with Gasteiger partial charge in [0.15, 0.2) is 0 Å². The molecule has 0 fully saturated rings. The van der Waals surface area contributed by atoms with Crippen LogP contribution in [0.4, 0.5) is 28.4 Å². The van der Waals surface area contributed by atoms with Crippen LogP contribution in [0.15, 0.2) is 140 Å². The maximum atomic E-state index is 4.09. The summed E-state index contributed by atoms with van der Waals surface area (Å²) in [5, 5.41) is 0. The van der Waals surface area contributed by atoms with E-state index in [1.807, 2.05) is 45.1 Å². The molecule has 40 heavy (non-hydrogen) atoms. The van der Waals surface area contributed by atoms with E-state index in [0.29, 0.717) is 0 Å². The highest BCUT2D eigenvalue weighted by molar-refractivity contribution is 5.79. The van der Waals surface area contributed by atoms with Gasteiger partial charge in [-0.05, 0) is 97.6 Å². The van der Waals surface area contributed by atoms with Gasteiger partial charge < -0.3 is 9.80 Å². The van der Waals surface area contributed by atoms with E-state index in [2.05, 4.69) is 147 Å². The second kappa shape index (κ2) is 14.2. The van der Waals surface area contributed by atoms with Crippen molar-refractivity contribution in [2.45, 2.75) is 53.9 Å². The van der Waals surface area contributed by atoms with Crippen LogP contribution in [-0.4, -0.2) is 0 Å². The first-order chi connectivity index (χ1) is 19.3. The molecule has 0 saturated carbocycles. The molecule has 0 heterocycles. The summed E-state index contributed by atoms with van der Waals surface area (Å²) in [6, 6.07) is 36.8. The zero-order chi connectivity index (χ0) is 29.1. The maximum absolute atomic E-state index is 4.09. The fraction of sp³-hybridized carbons (Fsp3) is 0.211. The molecule has 4 aromatic carbocycles. The normalized spacial score (nSPS) is 11.5. The van der Waals surface area contributed by atoms with Gasteiger partial charge in [0.2, 0.25) is 0 Å². The van der Waals surface area contributed by atoms with Gasteiger partial charge in [-0.15, -0.1) is 0 Å². The quantitative estimate of drug-likeness (QED) is 0.210. The molecule has 0 N–H and O–H groups in total. The minimum absolute atomic E-state index is 0.110. The Labute approximate surface area is 242 Å². The fourth-order valence-electron chi connectivity index (χ4n) is 4.46. The molecule has 0 saturated heterocycles. The van der Waals surface area contributed by atoms with Crippen molar-refractivity contribution in [1.82, 2.24) is 0 Å². The van der Waals surface area contributed by atoms with E-state index in [-0.39, 0.29) is 5.41 Å². The van der Waals surface area contributed by atoms with Crippen LogP contribution >= 0.6 is 0 Å². The van der Waals surface area contributed by atoms with Crippen LogP contribution in [-0.2, 0) is 5.41 Å². The lowest BCUT2D eigenvalue weighted by molar-refractivity contribution is 0.590. The molecule has 2 nitrogen and oxygen atoms in total. The van der Waals surface area contributed by atoms with E-state index in [4.69, 9.17) is 0 Å². The van der Waals surface area contributed by atoms with E-state index in [0.717, 1.165) is 34.1 Å². The average molecular weight is 529 g/mol. The van der Waals surface area contributed by atoms with Crippen molar-refractivity contribution in [2.24, 2.45) is 0 Å². The first-order valence-electron chi connectivity index (χ1n) is 14.2. The zero-order valence-corrected chi connectivity index (χ0v) is 25.2. The van der Waals surface area contributed by atoms with E-state index in [1.165, 1.54) is 11.1 Å². The first kappa shape index (κ1) is 30.2. The van der Waals surface area contributed by atoms with Crippen molar-refractivity contribution in [1.29, 1.82) is 0 Å². The first-order valence-corrected chi connectivity index (χ1v) is 14.2. The van der Waals surface area contributed by atoms with Crippen LogP contribution in [0.1, 0.15) is 52.7 Å². The molecule has 4 aromatic rings. The van der Waals surface area contributed by atoms with Gasteiger partial charge in [-0.2, -0.15) is 0 Å². The third-order valence-electron chi connectivity index (χ3n) is 6.59. The summed E-state index contributed by atoms with van der Waals surface area (Å²) in [5.41, 5.74) is 9.22. The monoisotopic (exact) mass is 528 g/mol. The van der Waals surface area contributed by atoms with Gasteiger partial charge in [0.1, 0.15) is 0 Å². The van der Waals surface area contributed by atoms with Crippen LogP contribution in [0.25, 0.3) is 0 Å². The molecule has 0 amide bonds. The number of rotatable bonds is 8. The number of nitrogens with zero attached hydrogens (tertiary/aromatic N) is 2. The van der Waals surface area contributed by atoms with Gasteiger partial charge in [0, 0.05) is 34.1 Å². The molecule has 0 aliphatic carbocycles. The van der Waals surface area contributed by atoms with Crippen molar-refractivity contribution in [2.75, 3.05) is 9.80 Å². The molecule has 0 bridgehead atoms. The Hall–Kier alpha value is -4.30. The van der Waals surface area contributed by atoms with Crippen molar-refractivity contribution in [3.63, 3.8) is 0 Å². The molecule has 0 aromatic heterocycles. The fourth-order valence-corrected chi connectivity index (χ4v) is 4.46. The number of hydrogen-bond acceptors (Lipinski definition) is 2. The van der Waals surface area contributed by atoms with E-state index in [9.17, 15) is 0 Å². The Kier molecular flexibility index (Phi) is 10.7. The Morgan fingerprint density at radius 3 is 1.57 bits per heavy atom.